The Morgan fingerprint density at radius 3 is 2.78 bits per heavy atom. The van der Waals surface area contributed by atoms with E-state index in [9.17, 15) is 5.11 Å². The molecule has 7 heteroatoms. The largest absolute Gasteiger partial charge is 0.493 e. The zero-order chi connectivity index (χ0) is 19.3. The maximum Gasteiger partial charge on any atom is 0.176 e. The molecule has 1 aliphatic heterocycles. The predicted octanol–water partition coefficient (Wildman–Crippen LogP) is 3.03. The lowest BCUT2D eigenvalue weighted by Crippen LogP contribution is -2.45. The summed E-state index contributed by atoms with van der Waals surface area (Å²) in [6, 6.07) is 11.2. The Balaban J connectivity index is 1.91. The Kier molecular flexibility index (Phi) is 6.03. The van der Waals surface area contributed by atoms with Crippen molar-refractivity contribution in [2.75, 3.05) is 26.5 Å². The molecule has 1 fully saturated rings. The van der Waals surface area contributed by atoms with Crippen LogP contribution in [0.3, 0.4) is 0 Å². The molecule has 0 radical (unpaired) electrons. The number of nitrogens with zero attached hydrogens (tertiary/aromatic N) is 3. The Morgan fingerprint density at radius 1 is 1.30 bits per heavy atom. The van der Waals surface area contributed by atoms with Crippen LogP contribution in [0.4, 0.5) is 0 Å². The molecule has 1 aromatic carbocycles. The van der Waals surface area contributed by atoms with Crippen LogP contribution in [0.2, 0.25) is 0 Å². The zero-order valence-corrected chi connectivity index (χ0v) is 16.3. The van der Waals surface area contributed by atoms with Gasteiger partial charge in [-0.1, -0.05) is 30.0 Å². The zero-order valence-electron chi connectivity index (χ0n) is 15.5. The lowest BCUT2D eigenvalue weighted by Gasteiger charge is -2.34. The summed E-state index contributed by atoms with van der Waals surface area (Å²) in [5.74, 6) is 1.65. The molecule has 1 saturated heterocycles. The lowest BCUT2D eigenvalue weighted by atomic mass is 10.0. The van der Waals surface area contributed by atoms with Crippen molar-refractivity contribution in [2.24, 2.45) is 4.99 Å². The number of hydrogen-bond acceptors (Lipinski definition) is 6. The fourth-order valence-corrected chi connectivity index (χ4v) is 4.12. The highest BCUT2D eigenvalue weighted by Gasteiger charge is 2.44. The molecule has 142 valence electrons. The first-order valence-electron chi connectivity index (χ1n) is 8.53. The van der Waals surface area contributed by atoms with Gasteiger partial charge >= 0.3 is 0 Å². The van der Waals surface area contributed by atoms with Gasteiger partial charge in [-0.25, -0.2) is 0 Å². The van der Waals surface area contributed by atoms with Crippen molar-refractivity contribution < 1.29 is 14.6 Å². The Bertz CT molecular complexity index is 828. The molecule has 0 amide bonds. The first kappa shape index (κ1) is 19.3. The molecule has 0 bridgehead atoms. The van der Waals surface area contributed by atoms with Crippen LogP contribution in [0.15, 0.2) is 60.2 Å². The number of benzene rings is 1. The molecule has 27 heavy (non-hydrogen) atoms. The van der Waals surface area contributed by atoms with E-state index in [0.717, 1.165) is 16.4 Å². The quantitative estimate of drug-likeness (QED) is 0.739. The van der Waals surface area contributed by atoms with Gasteiger partial charge in [0.1, 0.15) is 0 Å². The van der Waals surface area contributed by atoms with Crippen molar-refractivity contribution in [3.05, 3.63) is 66.5 Å². The first-order chi connectivity index (χ1) is 13.1. The third-order valence-electron chi connectivity index (χ3n) is 4.34. The van der Waals surface area contributed by atoms with E-state index >= 15 is 0 Å². The molecule has 6 nitrogen and oxygen atoms in total. The van der Waals surface area contributed by atoms with E-state index < -0.39 is 5.72 Å². The van der Waals surface area contributed by atoms with Gasteiger partial charge < -0.3 is 19.5 Å². The predicted molar refractivity (Wildman–Crippen MR) is 108 cm³/mol. The number of methoxy groups -OCH3 is 2. The normalized spacial score (nSPS) is 20.7. The number of rotatable bonds is 7. The molecule has 0 spiro atoms. The first-order valence-corrected chi connectivity index (χ1v) is 9.51. The van der Waals surface area contributed by atoms with Gasteiger partial charge in [0, 0.05) is 18.3 Å². The monoisotopic (exact) mass is 385 g/mol. The number of aromatic nitrogens is 1. The second-order valence-electron chi connectivity index (χ2n) is 5.99. The van der Waals surface area contributed by atoms with Gasteiger partial charge in [0.05, 0.1) is 32.2 Å². The highest BCUT2D eigenvalue weighted by atomic mass is 32.2. The number of amidine groups is 1. The van der Waals surface area contributed by atoms with Crippen LogP contribution >= 0.6 is 11.8 Å². The minimum absolute atomic E-state index is 0.456. The molecule has 1 N–H and O–H groups in total. The van der Waals surface area contributed by atoms with Crippen LogP contribution in [0, 0.1) is 0 Å². The van der Waals surface area contributed by atoms with E-state index in [1.165, 1.54) is 11.8 Å². The fraction of sp³-hybridized carbons (Fsp3) is 0.300. The average Bonchev–Trinajstić information content (AvgIpc) is 3.04. The summed E-state index contributed by atoms with van der Waals surface area (Å²) in [5.41, 5.74) is 0.393. The molecule has 2 aromatic rings. The number of aliphatic imine (C=N–C) groups is 1. The van der Waals surface area contributed by atoms with Crippen LogP contribution in [0.1, 0.15) is 11.3 Å². The van der Waals surface area contributed by atoms with E-state index in [1.54, 1.807) is 38.6 Å². The Labute approximate surface area is 163 Å². The summed E-state index contributed by atoms with van der Waals surface area (Å²) >= 11 is 1.51. The van der Waals surface area contributed by atoms with Gasteiger partial charge in [-0.2, -0.15) is 0 Å². The molecule has 0 saturated carbocycles. The third-order valence-corrected chi connectivity index (χ3v) is 5.49. The highest BCUT2D eigenvalue weighted by molar-refractivity contribution is 8.14. The van der Waals surface area contributed by atoms with Crippen molar-refractivity contribution in [3.63, 3.8) is 0 Å². The molecule has 1 atom stereocenters. The van der Waals surface area contributed by atoms with Crippen molar-refractivity contribution in [3.8, 4) is 11.5 Å². The lowest BCUT2D eigenvalue weighted by molar-refractivity contribution is -0.0425. The van der Waals surface area contributed by atoms with E-state index in [-0.39, 0.29) is 0 Å². The maximum atomic E-state index is 11.5. The highest BCUT2D eigenvalue weighted by Crippen LogP contribution is 2.41. The van der Waals surface area contributed by atoms with Crippen molar-refractivity contribution in [2.45, 2.75) is 12.3 Å². The minimum Gasteiger partial charge on any atom is -0.493 e. The molecular weight excluding hydrogens is 362 g/mol. The molecule has 0 aliphatic carbocycles. The van der Waals surface area contributed by atoms with Crippen LogP contribution in [-0.2, 0) is 12.3 Å². The minimum atomic E-state index is -1.21. The molecular formula is C20H23N3O3S. The Hall–Kier alpha value is -2.51. The maximum absolute atomic E-state index is 11.5. The van der Waals surface area contributed by atoms with Gasteiger partial charge in [0.2, 0.25) is 0 Å². The van der Waals surface area contributed by atoms with Gasteiger partial charge in [-0.15, -0.1) is 6.58 Å². The molecule has 3 rings (SSSR count). The number of aliphatic hydroxyl groups is 1. The van der Waals surface area contributed by atoms with Crippen LogP contribution in [-0.4, -0.2) is 46.7 Å². The summed E-state index contributed by atoms with van der Waals surface area (Å²) in [5, 5.41) is 12.2. The number of pyridine rings is 1. The smallest absolute Gasteiger partial charge is 0.176 e. The molecule has 2 heterocycles. The summed E-state index contributed by atoms with van der Waals surface area (Å²) < 4.78 is 10.7. The van der Waals surface area contributed by atoms with E-state index in [2.05, 4.69) is 16.6 Å². The number of thioether (sulfide) groups is 1. The van der Waals surface area contributed by atoms with Crippen molar-refractivity contribution in [1.29, 1.82) is 0 Å². The van der Waals surface area contributed by atoms with Gasteiger partial charge in [0.25, 0.3) is 0 Å². The standard InChI is InChI=1S/C20H23N3O3S/c1-4-11-23-19(22-13-16-7-5-6-10-21-16)27-14-20(23,24)15-8-9-17(25-2)18(12-15)26-3/h4-10,12,24H,1,11,13-14H2,2-3H3. The topological polar surface area (TPSA) is 67.2 Å². The number of hydrogen-bond donors (Lipinski definition) is 1. The second kappa shape index (κ2) is 8.45. The van der Waals surface area contributed by atoms with Crippen LogP contribution in [0.25, 0.3) is 0 Å². The van der Waals surface area contributed by atoms with Gasteiger partial charge in [-0.05, 0) is 24.3 Å². The third kappa shape index (κ3) is 3.94. The van der Waals surface area contributed by atoms with Crippen LogP contribution in [0.5, 0.6) is 11.5 Å². The van der Waals surface area contributed by atoms with E-state index in [0.29, 0.717) is 30.3 Å². The molecule has 1 aliphatic rings. The summed E-state index contributed by atoms with van der Waals surface area (Å²) in [7, 11) is 3.17. The summed E-state index contributed by atoms with van der Waals surface area (Å²) in [6.45, 7) is 4.75. The second-order valence-corrected chi connectivity index (χ2v) is 6.94. The van der Waals surface area contributed by atoms with Crippen LogP contribution < -0.4 is 9.47 Å². The van der Waals surface area contributed by atoms with E-state index in [4.69, 9.17) is 9.47 Å². The Morgan fingerprint density at radius 2 is 2.11 bits per heavy atom. The van der Waals surface area contributed by atoms with E-state index in [1.807, 2.05) is 29.2 Å². The van der Waals surface area contributed by atoms with Crippen molar-refractivity contribution in [1.82, 2.24) is 9.88 Å². The fourth-order valence-electron chi connectivity index (χ4n) is 2.93. The number of ether oxygens (including phenoxy) is 2. The SMILES string of the molecule is C=CCN1C(=NCc2ccccn2)SCC1(O)c1ccc(OC)c(OC)c1. The molecule has 1 aromatic heterocycles. The van der Waals surface area contributed by atoms with Gasteiger partial charge in [0.15, 0.2) is 22.4 Å². The van der Waals surface area contributed by atoms with Crippen molar-refractivity contribution >= 4 is 16.9 Å². The summed E-state index contributed by atoms with van der Waals surface area (Å²) in [6.07, 6.45) is 3.51. The van der Waals surface area contributed by atoms with Gasteiger partial charge in [-0.3, -0.25) is 9.98 Å². The molecule has 1 unspecified atom stereocenters. The summed E-state index contributed by atoms with van der Waals surface area (Å²) in [4.78, 5) is 10.8. The average molecular weight is 385 g/mol.